The number of nitrogens with one attached hydrogen (secondary N) is 1. The topological polar surface area (TPSA) is 12.0 Å². The molecule has 1 rings (SSSR count). The lowest BCUT2D eigenvalue weighted by Gasteiger charge is -2.18. The van der Waals surface area contributed by atoms with Crippen molar-refractivity contribution in [2.45, 2.75) is 32.7 Å². The SMILES string of the molecule is CCCNC(CSCC)Cc1ccc(F)c(F)c1. The molecule has 4 heteroatoms. The molecule has 1 atom stereocenters. The van der Waals surface area contributed by atoms with E-state index in [-0.39, 0.29) is 0 Å². The van der Waals surface area contributed by atoms with Crippen LogP contribution >= 0.6 is 11.8 Å². The summed E-state index contributed by atoms with van der Waals surface area (Å²) in [6.07, 6.45) is 1.81. The first-order valence-corrected chi connectivity index (χ1v) is 7.57. The van der Waals surface area contributed by atoms with E-state index in [9.17, 15) is 8.78 Å². The van der Waals surface area contributed by atoms with Crippen LogP contribution in [0.1, 0.15) is 25.8 Å². The van der Waals surface area contributed by atoms with Crippen LogP contribution in [0.5, 0.6) is 0 Å². The third-order valence-electron chi connectivity index (χ3n) is 2.67. The lowest BCUT2D eigenvalue weighted by atomic mass is 10.1. The molecular weight excluding hydrogens is 252 g/mol. The molecule has 1 N–H and O–H groups in total. The zero-order valence-corrected chi connectivity index (χ0v) is 11.8. The second-order valence-corrected chi connectivity index (χ2v) is 5.58. The molecule has 0 saturated heterocycles. The molecule has 0 spiro atoms. The number of halogens is 2. The second kappa shape index (κ2) is 8.48. The number of rotatable bonds is 8. The predicted molar refractivity (Wildman–Crippen MR) is 75.1 cm³/mol. The van der Waals surface area contributed by atoms with Gasteiger partial charge in [-0.15, -0.1) is 0 Å². The molecule has 0 radical (unpaired) electrons. The first-order valence-electron chi connectivity index (χ1n) is 6.42. The highest BCUT2D eigenvalue weighted by atomic mass is 32.2. The molecule has 0 amide bonds. The summed E-state index contributed by atoms with van der Waals surface area (Å²) in [7, 11) is 0. The average molecular weight is 273 g/mol. The second-order valence-electron chi connectivity index (χ2n) is 4.26. The Bertz CT molecular complexity index is 350. The quantitative estimate of drug-likeness (QED) is 0.776. The summed E-state index contributed by atoms with van der Waals surface area (Å²) in [5.74, 6) is 0.530. The predicted octanol–water partition coefficient (Wildman–Crippen LogP) is 3.63. The standard InChI is InChI=1S/C14H21F2NS/c1-3-7-17-12(10-18-4-2)8-11-5-6-13(15)14(16)9-11/h5-6,9,12,17H,3-4,7-8,10H2,1-2H3. The lowest BCUT2D eigenvalue weighted by Crippen LogP contribution is -2.34. The van der Waals surface area contributed by atoms with E-state index in [1.807, 2.05) is 11.8 Å². The van der Waals surface area contributed by atoms with Gasteiger partial charge in [-0.05, 0) is 42.8 Å². The van der Waals surface area contributed by atoms with Gasteiger partial charge in [0.1, 0.15) is 0 Å². The normalized spacial score (nSPS) is 12.7. The summed E-state index contributed by atoms with van der Waals surface area (Å²) in [6, 6.07) is 4.48. The van der Waals surface area contributed by atoms with Crippen LogP contribution in [0.15, 0.2) is 18.2 Å². The molecule has 0 aliphatic carbocycles. The molecular formula is C14H21F2NS. The average Bonchev–Trinajstić information content (AvgIpc) is 2.37. The van der Waals surface area contributed by atoms with Crippen molar-refractivity contribution in [3.8, 4) is 0 Å². The van der Waals surface area contributed by atoms with Crippen LogP contribution in [0.4, 0.5) is 8.78 Å². The first kappa shape index (κ1) is 15.4. The van der Waals surface area contributed by atoms with Gasteiger partial charge < -0.3 is 5.32 Å². The van der Waals surface area contributed by atoms with E-state index in [1.165, 1.54) is 12.1 Å². The molecule has 0 saturated carbocycles. The minimum absolute atomic E-state index is 0.319. The number of thioether (sulfide) groups is 1. The molecule has 1 unspecified atom stereocenters. The molecule has 0 bridgehead atoms. The molecule has 0 fully saturated rings. The van der Waals surface area contributed by atoms with Gasteiger partial charge in [-0.25, -0.2) is 8.78 Å². The van der Waals surface area contributed by atoms with E-state index < -0.39 is 11.6 Å². The number of hydrogen-bond donors (Lipinski definition) is 1. The maximum atomic E-state index is 13.1. The summed E-state index contributed by atoms with van der Waals surface area (Å²) in [5.41, 5.74) is 0.846. The Morgan fingerprint density at radius 3 is 2.61 bits per heavy atom. The minimum atomic E-state index is -0.778. The smallest absolute Gasteiger partial charge is 0.159 e. The molecule has 0 aliphatic rings. The molecule has 102 valence electrons. The summed E-state index contributed by atoms with van der Waals surface area (Å²) in [6.45, 7) is 5.20. The Morgan fingerprint density at radius 1 is 1.22 bits per heavy atom. The van der Waals surface area contributed by atoms with Crippen molar-refractivity contribution < 1.29 is 8.78 Å². The van der Waals surface area contributed by atoms with Crippen LogP contribution in [0.25, 0.3) is 0 Å². The highest BCUT2D eigenvalue weighted by molar-refractivity contribution is 7.99. The summed E-state index contributed by atoms with van der Waals surface area (Å²) in [5, 5.41) is 3.45. The molecule has 1 nitrogen and oxygen atoms in total. The highest BCUT2D eigenvalue weighted by Gasteiger charge is 2.10. The number of hydrogen-bond acceptors (Lipinski definition) is 2. The van der Waals surface area contributed by atoms with Crippen molar-refractivity contribution in [3.63, 3.8) is 0 Å². The maximum absolute atomic E-state index is 13.1. The van der Waals surface area contributed by atoms with E-state index in [2.05, 4.69) is 19.2 Å². The van der Waals surface area contributed by atoms with Crippen molar-refractivity contribution in [3.05, 3.63) is 35.4 Å². The highest BCUT2D eigenvalue weighted by Crippen LogP contribution is 2.13. The van der Waals surface area contributed by atoms with Crippen molar-refractivity contribution >= 4 is 11.8 Å². The zero-order chi connectivity index (χ0) is 13.4. The van der Waals surface area contributed by atoms with Gasteiger partial charge in [-0.3, -0.25) is 0 Å². The van der Waals surface area contributed by atoms with Crippen LogP contribution < -0.4 is 5.32 Å². The zero-order valence-electron chi connectivity index (χ0n) is 11.0. The van der Waals surface area contributed by atoms with Crippen LogP contribution in [-0.2, 0) is 6.42 Å². The molecule has 1 aromatic rings. The van der Waals surface area contributed by atoms with E-state index in [1.54, 1.807) is 6.07 Å². The fraction of sp³-hybridized carbons (Fsp3) is 0.571. The van der Waals surface area contributed by atoms with E-state index in [0.717, 1.165) is 36.5 Å². The monoisotopic (exact) mass is 273 g/mol. The third kappa shape index (κ3) is 5.36. The van der Waals surface area contributed by atoms with Gasteiger partial charge in [-0.1, -0.05) is 19.9 Å². The summed E-state index contributed by atoms with van der Waals surface area (Å²) >= 11 is 1.86. The maximum Gasteiger partial charge on any atom is 0.159 e. The van der Waals surface area contributed by atoms with Crippen molar-refractivity contribution in [1.82, 2.24) is 5.32 Å². The third-order valence-corrected chi connectivity index (χ3v) is 3.72. The Morgan fingerprint density at radius 2 is 2.00 bits per heavy atom. The van der Waals surface area contributed by atoms with E-state index >= 15 is 0 Å². The molecule has 1 aromatic carbocycles. The fourth-order valence-corrected chi connectivity index (χ4v) is 2.51. The van der Waals surface area contributed by atoms with Crippen LogP contribution in [0.2, 0.25) is 0 Å². The molecule has 18 heavy (non-hydrogen) atoms. The Balaban J connectivity index is 2.59. The fourth-order valence-electron chi connectivity index (χ4n) is 1.75. The van der Waals surface area contributed by atoms with Crippen LogP contribution in [-0.4, -0.2) is 24.1 Å². The van der Waals surface area contributed by atoms with Gasteiger partial charge in [-0.2, -0.15) is 11.8 Å². The molecule has 0 heterocycles. The summed E-state index contributed by atoms with van der Waals surface area (Å²) < 4.78 is 26.0. The van der Waals surface area contributed by atoms with Crippen molar-refractivity contribution in [2.75, 3.05) is 18.1 Å². The van der Waals surface area contributed by atoms with Crippen LogP contribution in [0, 0.1) is 11.6 Å². The Labute approximate surface area is 112 Å². The Hall–Kier alpha value is -0.610. The van der Waals surface area contributed by atoms with E-state index in [0.29, 0.717) is 6.04 Å². The largest absolute Gasteiger partial charge is 0.313 e. The lowest BCUT2D eigenvalue weighted by molar-refractivity contribution is 0.503. The van der Waals surface area contributed by atoms with Crippen molar-refractivity contribution in [2.24, 2.45) is 0 Å². The molecule has 0 aromatic heterocycles. The summed E-state index contributed by atoms with van der Waals surface area (Å²) in [4.78, 5) is 0. The molecule has 0 aliphatic heterocycles. The van der Waals surface area contributed by atoms with Gasteiger partial charge >= 0.3 is 0 Å². The van der Waals surface area contributed by atoms with Gasteiger partial charge in [0, 0.05) is 11.8 Å². The van der Waals surface area contributed by atoms with Gasteiger partial charge in [0.2, 0.25) is 0 Å². The van der Waals surface area contributed by atoms with Gasteiger partial charge in [0.05, 0.1) is 0 Å². The van der Waals surface area contributed by atoms with Gasteiger partial charge in [0.15, 0.2) is 11.6 Å². The Kier molecular flexibility index (Phi) is 7.28. The number of benzene rings is 1. The van der Waals surface area contributed by atoms with Crippen LogP contribution in [0.3, 0.4) is 0 Å². The first-order chi connectivity index (χ1) is 8.67. The van der Waals surface area contributed by atoms with E-state index in [4.69, 9.17) is 0 Å². The van der Waals surface area contributed by atoms with Crippen molar-refractivity contribution in [1.29, 1.82) is 0 Å². The van der Waals surface area contributed by atoms with Gasteiger partial charge in [0.25, 0.3) is 0 Å². The minimum Gasteiger partial charge on any atom is -0.313 e.